The Balaban J connectivity index is 3.20. The van der Waals surface area contributed by atoms with E-state index in [1.54, 1.807) is 0 Å². The Labute approximate surface area is 108 Å². The summed E-state index contributed by atoms with van der Waals surface area (Å²) in [7, 11) is 0. The van der Waals surface area contributed by atoms with Gasteiger partial charge in [-0.05, 0) is 32.4 Å². The van der Waals surface area contributed by atoms with E-state index in [4.69, 9.17) is 16.9 Å². The van der Waals surface area contributed by atoms with Crippen molar-refractivity contribution in [3.8, 4) is 0 Å². The molecule has 0 fully saturated rings. The molecule has 0 heterocycles. The van der Waals surface area contributed by atoms with Gasteiger partial charge in [0, 0.05) is 11.2 Å². The second-order valence-corrected chi connectivity index (χ2v) is 4.70. The average Bonchev–Trinajstić information content (AvgIpc) is 2.29. The minimum absolute atomic E-state index is 0.0491. The van der Waals surface area contributed by atoms with Crippen LogP contribution in [0.1, 0.15) is 27.2 Å². The summed E-state index contributed by atoms with van der Waals surface area (Å²) in [4.78, 5) is 5.68. The quantitative estimate of drug-likeness (QED) is 0.562. The van der Waals surface area contributed by atoms with E-state index in [1.807, 2.05) is 35.2 Å². The number of nitrogens with zero attached hydrogens (tertiary/aromatic N) is 2. The van der Waals surface area contributed by atoms with Gasteiger partial charge in [-0.3, -0.25) is 5.41 Å². The number of hydrogen-bond acceptors (Lipinski definition) is 1. The molecule has 5 nitrogen and oxygen atoms in total. The predicted octanol–water partition coefficient (Wildman–Crippen LogP) is 1.89. The van der Waals surface area contributed by atoms with Crippen LogP contribution in [0.3, 0.4) is 0 Å². The van der Waals surface area contributed by atoms with Crippen LogP contribution < -0.4 is 16.4 Å². The molecular weight excluding hydrogens is 226 g/mol. The first-order valence-corrected chi connectivity index (χ1v) is 5.92. The van der Waals surface area contributed by atoms with Crippen LogP contribution in [0.25, 0.3) is 0 Å². The molecule has 0 aromatic heterocycles. The maximum Gasteiger partial charge on any atom is 0.226 e. The van der Waals surface area contributed by atoms with Crippen molar-refractivity contribution in [2.45, 2.75) is 32.7 Å². The van der Waals surface area contributed by atoms with Crippen molar-refractivity contribution in [2.75, 3.05) is 4.90 Å². The van der Waals surface area contributed by atoms with Crippen LogP contribution in [0.2, 0.25) is 0 Å². The monoisotopic (exact) mass is 247 g/mol. The van der Waals surface area contributed by atoms with E-state index in [2.05, 4.69) is 25.8 Å². The third-order valence-electron chi connectivity index (χ3n) is 2.93. The van der Waals surface area contributed by atoms with Gasteiger partial charge >= 0.3 is 0 Å². The molecule has 0 amide bonds. The zero-order chi connectivity index (χ0) is 13.8. The molecule has 1 rings (SSSR count). The Kier molecular flexibility index (Phi) is 4.31. The van der Waals surface area contributed by atoms with Crippen molar-refractivity contribution in [3.63, 3.8) is 0 Å². The van der Waals surface area contributed by atoms with E-state index < -0.39 is 0 Å². The topological polar surface area (TPSA) is 91.5 Å². The van der Waals surface area contributed by atoms with Crippen molar-refractivity contribution in [1.29, 1.82) is 5.41 Å². The highest BCUT2D eigenvalue weighted by Gasteiger charge is 2.28. The number of rotatable bonds is 3. The lowest BCUT2D eigenvalue weighted by molar-refractivity contribution is 0.494. The molecule has 5 heteroatoms. The summed E-state index contributed by atoms with van der Waals surface area (Å²) in [5.74, 6) is -0.0547. The van der Waals surface area contributed by atoms with E-state index in [0.717, 1.165) is 12.1 Å². The van der Waals surface area contributed by atoms with Crippen LogP contribution in [-0.2, 0) is 0 Å². The SMILES string of the molecule is CCC(C)(C)N(C(=N)N=C(N)N)c1ccccc1. The van der Waals surface area contributed by atoms with Gasteiger partial charge in [0.1, 0.15) is 0 Å². The molecule has 98 valence electrons. The molecule has 0 aliphatic heterocycles. The van der Waals surface area contributed by atoms with E-state index >= 15 is 0 Å². The van der Waals surface area contributed by atoms with Crippen molar-refractivity contribution in [1.82, 2.24) is 0 Å². The molecule has 5 N–H and O–H groups in total. The Morgan fingerprint density at radius 3 is 2.28 bits per heavy atom. The van der Waals surface area contributed by atoms with Gasteiger partial charge in [-0.15, -0.1) is 0 Å². The Morgan fingerprint density at radius 1 is 1.28 bits per heavy atom. The molecule has 18 heavy (non-hydrogen) atoms. The van der Waals surface area contributed by atoms with Gasteiger partial charge in [0.25, 0.3) is 0 Å². The van der Waals surface area contributed by atoms with Crippen LogP contribution in [-0.4, -0.2) is 17.5 Å². The van der Waals surface area contributed by atoms with Gasteiger partial charge in [0.05, 0.1) is 0 Å². The predicted molar refractivity (Wildman–Crippen MR) is 76.8 cm³/mol. The maximum absolute atomic E-state index is 8.05. The highest BCUT2D eigenvalue weighted by atomic mass is 15.3. The fraction of sp³-hybridized carbons (Fsp3) is 0.385. The van der Waals surface area contributed by atoms with Gasteiger partial charge in [0.15, 0.2) is 5.96 Å². The first-order chi connectivity index (χ1) is 8.38. The zero-order valence-electron chi connectivity index (χ0n) is 11.1. The summed E-state index contributed by atoms with van der Waals surface area (Å²) in [6.07, 6.45) is 0.865. The summed E-state index contributed by atoms with van der Waals surface area (Å²) in [5, 5.41) is 8.05. The second kappa shape index (κ2) is 5.53. The van der Waals surface area contributed by atoms with E-state index in [0.29, 0.717) is 0 Å². The lowest BCUT2D eigenvalue weighted by Gasteiger charge is -2.38. The molecule has 0 bridgehead atoms. The third kappa shape index (κ3) is 3.23. The highest BCUT2D eigenvalue weighted by Crippen LogP contribution is 2.26. The van der Waals surface area contributed by atoms with Crippen molar-refractivity contribution in [2.24, 2.45) is 16.5 Å². The van der Waals surface area contributed by atoms with Gasteiger partial charge in [-0.25, -0.2) is 0 Å². The molecule has 0 spiro atoms. The Morgan fingerprint density at radius 2 is 1.83 bits per heavy atom. The number of guanidine groups is 2. The van der Waals surface area contributed by atoms with Crippen LogP contribution >= 0.6 is 0 Å². The van der Waals surface area contributed by atoms with E-state index in [9.17, 15) is 0 Å². The minimum atomic E-state index is -0.239. The first-order valence-electron chi connectivity index (χ1n) is 5.92. The number of benzene rings is 1. The molecule has 1 aromatic carbocycles. The van der Waals surface area contributed by atoms with Gasteiger partial charge in [-0.1, -0.05) is 25.1 Å². The molecule has 1 aromatic rings. The second-order valence-electron chi connectivity index (χ2n) is 4.70. The van der Waals surface area contributed by atoms with Crippen molar-refractivity contribution >= 4 is 17.6 Å². The standard InChI is InChI=1S/C13H21N5/c1-4-13(2,3)18(12(16)17-11(14)15)10-8-6-5-7-9-10/h5-9H,4H2,1-3H3,(H5,14,15,16,17). The molecule has 0 saturated carbocycles. The van der Waals surface area contributed by atoms with Gasteiger partial charge in [-0.2, -0.15) is 4.99 Å². The molecule has 0 atom stereocenters. The first kappa shape index (κ1) is 14.0. The zero-order valence-corrected chi connectivity index (χ0v) is 11.1. The van der Waals surface area contributed by atoms with Crippen LogP contribution in [0.15, 0.2) is 35.3 Å². The van der Waals surface area contributed by atoms with Gasteiger partial charge in [0.2, 0.25) is 5.96 Å². The molecule has 0 aliphatic rings. The smallest absolute Gasteiger partial charge is 0.226 e. The fourth-order valence-corrected chi connectivity index (χ4v) is 1.67. The van der Waals surface area contributed by atoms with Crippen molar-refractivity contribution in [3.05, 3.63) is 30.3 Å². The minimum Gasteiger partial charge on any atom is -0.370 e. The summed E-state index contributed by atoms with van der Waals surface area (Å²) >= 11 is 0. The normalized spacial score (nSPS) is 10.8. The summed E-state index contributed by atoms with van der Waals surface area (Å²) in [6.45, 7) is 6.17. The third-order valence-corrected chi connectivity index (χ3v) is 2.93. The maximum atomic E-state index is 8.05. The van der Waals surface area contributed by atoms with E-state index in [-0.39, 0.29) is 17.5 Å². The van der Waals surface area contributed by atoms with Crippen molar-refractivity contribution < 1.29 is 0 Å². The number of aliphatic imine (C=N–C) groups is 1. The molecule has 0 radical (unpaired) electrons. The number of para-hydroxylation sites is 1. The lowest BCUT2D eigenvalue weighted by Crippen LogP contribution is -2.47. The molecule has 0 saturated heterocycles. The van der Waals surface area contributed by atoms with E-state index in [1.165, 1.54) is 0 Å². The summed E-state index contributed by atoms with van der Waals surface area (Å²) in [5.41, 5.74) is 11.4. The Hall–Kier alpha value is -2.04. The molecule has 0 unspecified atom stereocenters. The largest absolute Gasteiger partial charge is 0.370 e. The number of nitrogens with two attached hydrogens (primary N) is 2. The summed E-state index contributed by atoms with van der Waals surface area (Å²) < 4.78 is 0. The van der Waals surface area contributed by atoms with Gasteiger partial charge < -0.3 is 16.4 Å². The highest BCUT2D eigenvalue weighted by molar-refractivity contribution is 6.02. The molecule has 0 aliphatic carbocycles. The molecular formula is C13H21N5. The van der Waals surface area contributed by atoms with Crippen LogP contribution in [0, 0.1) is 5.41 Å². The summed E-state index contributed by atoms with van der Waals surface area (Å²) in [6, 6.07) is 9.67. The number of nitrogens with one attached hydrogen (secondary N) is 1. The number of anilines is 1. The number of hydrogen-bond donors (Lipinski definition) is 3. The van der Waals surface area contributed by atoms with Crippen LogP contribution in [0.5, 0.6) is 0 Å². The Bertz CT molecular complexity index is 432. The van der Waals surface area contributed by atoms with Crippen LogP contribution in [0.4, 0.5) is 5.69 Å². The fourth-order valence-electron chi connectivity index (χ4n) is 1.67. The average molecular weight is 247 g/mol. The lowest BCUT2D eigenvalue weighted by atomic mass is 9.98.